The zero-order valence-electron chi connectivity index (χ0n) is 17.0. The summed E-state index contributed by atoms with van der Waals surface area (Å²) < 4.78 is 28.2. The molecule has 1 aliphatic rings. The molecule has 0 N–H and O–H groups in total. The Morgan fingerprint density at radius 1 is 0.839 bits per heavy atom. The van der Waals surface area contributed by atoms with E-state index in [2.05, 4.69) is 63.9 Å². The maximum absolute atomic E-state index is 14.1. The van der Waals surface area contributed by atoms with E-state index in [1.807, 2.05) is 6.92 Å². The van der Waals surface area contributed by atoms with E-state index >= 15 is 0 Å². The molecule has 0 spiro atoms. The van der Waals surface area contributed by atoms with E-state index in [1.165, 1.54) is 18.2 Å². The van der Waals surface area contributed by atoms with Gasteiger partial charge in [-0.2, -0.15) is 0 Å². The third kappa shape index (κ3) is 3.93. The van der Waals surface area contributed by atoms with Crippen LogP contribution in [-0.4, -0.2) is 10.7 Å². The maximum atomic E-state index is 14.1. The van der Waals surface area contributed by atoms with Crippen LogP contribution in [-0.2, 0) is 0 Å². The fourth-order valence-corrected chi connectivity index (χ4v) is 4.64. The monoisotopic (exact) mass is 430 g/mol. The number of hydrogen-bond donors (Lipinski definition) is 0. The Balaban J connectivity index is 1.35. The molecule has 0 aliphatic carbocycles. The molecule has 2 nitrogen and oxygen atoms in total. The Labute approximate surface area is 184 Å². The average molecular weight is 431 g/mol. The number of aliphatic imine (C=N–C) groups is 1. The van der Waals surface area contributed by atoms with Crippen LogP contribution in [0.3, 0.4) is 0 Å². The van der Waals surface area contributed by atoms with Crippen LogP contribution in [0.2, 0.25) is 0 Å². The number of hydrogen-bond acceptors (Lipinski definition) is 3. The highest BCUT2D eigenvalue weighted by molar-refractivity contribution is 7.09. The van der Waals surface area contributed by atoms with Gasteiger partial charge in [0.05, 0.1) is 22.3 Å². The standard InChI is InChI=1S/C26H20F2N2S/c1-16-29-25(15-31-16)20-11-7-18(8-12-20)17-5-9-19(10-6-17)23-13-14-24(30-23)26-21(27)3-2-4-22(26)28/h2-12,15,23H,13-14H2,1H3. The molecule has 5 heteroatoms. The highest BCUT2D eigenvalue weighted by Gasteiger charge is 2.24. The van der Waals surface area contributed by atoms with E-state index in [0.717, 1.165) is 39.4 Å². The molecule has 0 bridgehead atoms. The van der Waals surface area contributed by atoms with E-state index in [9.17, 15) is 8.78 Å². The fourth-order valence-electron chi connectivity index (χ4n) is 4.02. The number of benzene rings is 3. The van der Waals surface area contributed by atoms with Crippen molar-refractivity contribution < 1.29 is 8.78 Å². The zero-order chi connectivity index (χ0) is 21.4. The number of rotatable bonds is 4. The summed E-state index contributed by atoms with van der Waals surface area (Å²) in [6, 6.07) is 20.5. The quantitative estimate of drug-likeness (QED) is 0.331. The van der Waals surface area contributed by atoms with Crippen molar-refractivity contribution in [3.8, 4) is 22.4 Å². The van der Waals surface area contributed by atoms with Crippen LogP contribution in [0.15, 0.2) is 77.1 Å². The van der Waals surface area contributed by atoms with Gasteiger partial charge in [0.1, 0.15) is 11.6 Å². The molecule has 0 fully saturated rings. The number of halogens is 2. The van der Waals surface area contributed by atoms with E-state index in [0.29, 0.717) is 12.1 Å². The van der Waals surface area contributed by atoms with Gasteiger partial charge in [-0.25, -0.2) is 13.8 Å². The van der Waals surface area contributed by atoms with Gasteiger partial charge >= 0.3 is 0 Å². The lowest BCUT2D eigenvalue weighted by molar-refractivity contribution is 0.578. The van der Waals surface area contributed by atoms with Gasteiger partial charge < -0.3 is 0 Å². The van der Waals surface area contributed by atoms with Crippen molar-refractivity contribution in [2.75, 3.05) is 0 Å². The molecule has 1 aliphatic heterocycles. The minimum Gasteiger partial charge on any atom is -0.281 e. The summed E-state index contributed by atoms with van der Waals surface area (Å²) in [4.78, 5) is 9.17. The number of nitrogens with zero attached hydrogens (tertiary/aromatic N) is 2. The molecule has 0 saturated heterocycles. The normalized spacial score (nSPS) is 15.8. The van der Waals surface area contributed by atoms with Crippen LogP contribution >= 0.6 is 11.3 Å². The molecule has 31 heavy (non-hydrogen) atoms. The van der Waals surface area contributed by atoms with E-state index in [4.69, 9.17) is 0 Å². The van der Waals surface area contributed by atoms with Gasteiger partial charge in [-0.15, -0.1) is 11.3 Å². The Morgan fingerprint density at radius 2 is 1.45 bits per heavy atom. The summed E-state index contributed by atoms with van der Waals surface area (Å²) in [7, 11) is 0. The Hall–Kier alpha value is -3.18. The summed E-state index contributed by atoms with van der Waals surface area (Å²) in [5.41, 5.74) is 5.95. The first-order valence-electron chi connectivity index (χ1n) is 10.2. The highest BCUT2D eigenvalue weighted by atomic mass is 32.1. The molecule has 1 unspecified atom stereocenters. The zero-order valence-corrected chi connectivity index (χ0v) is 17.8. The Bertz CT molecular complexity index is 1240. The summed E-state index contributed by atoms with van der Waals surface area (Å²) >= 11 is 1.65. The van der Waals surface area contributed by atoms with Crippen molar-refractivity contribution >= 4 is 17.0 Å². The first-order chi connectivity index (χ1) is 15.1. The van der Waals surface area contributed by atoms with Gasteiger partial charge in [0, 0.05) is 16.7 Å². The molecule has 4 aromatic rings. The number of aryl methyl sites for hydroxylation is 1. The second-order valence-corrected chi connectivity index (χ2v) is 8.74. The molecular weight excluding hydrogens is 410 g/mol. The highest BCUT2D eigenvalue weighted by Crippen LogP contribution is 2.34. The molecule has 0 radical (unpaired) electrons. The molecule has 1 atom stereocenters. The van der Waals surface area contributed by atoms with E-state index < -0.39 is 11.6 Å². The molecule has 1 aromatic heterocycles. The van der Waals surface area contributed by atoms with Crippen LogP contribution < -0.4 is 0 Å². The number of aromatic nitrogens is 1. The predicted octanol–water partition coefficient (Wildman–Crippen LogP) is 7.39. The smallest absolute Gasteiger partial charge is 0.135 e. The van der Waals surface area contributed by atoms with Crippen LogP contribution in [0.5, 0.6) is 0 Å². The molecular formula is C26H20F2N2S. The van der Waals surface area contributed by atoms with Gasteiger partial charge in [0.25, 0.3) is 0 Å². The lowest BCUT2D eigenvalue weighted by Crippen LogP contribution is -2.03. The lowest BCUT2D eigenvalue weighted by Gasteiger charge is -2.09. The summed E-state index contributed by atoms with van der Waals surface area (Å²) in [5, 5.41) is 3.13. The molecule has 154 valence electrons. The molecule has 3 aromatic carbocycles. The van der Waals surface area contributed by atoms with E-state index in [1.54, 1.807) is 11.3 Å². The first kappa shape index (κ1) is 19.8. The van der Waals surface area contributed by atoms with Crippen LogP contribution in [0, 0.1) is 18.6 Å². The third-order valence-corrected chi connectivity index (χ3v) is 6.42. The van der Waals surface area contributed by atoms with Gasteiger partial charge in [0.2, 0.25) is 0 Å². The van der Waals surface area contributed by atoms with Gasteiger partial charge in [-0.1, -0.05) is 54.6 Å². The van der Waals surface area contributed by atoms with Crippen molar-refractivity contribution in [3.05, 3.63) is 99.9 Å². The number of thiazole rings is 1. The topological polar surface area (TPSA) is 25.2 Å². The molecule has 0 amide bonds. The lowest BCUT2D eigenvalue weighted by atomic mass is 9.98. The van der Waals surface area contributed by atoms with Crippen molar-refractivity contribution in [1.29, 1.82) is 0 Å². The second kappa shape index (κ2) is 8.16. The largest absolute Gasteiger partial charge is 0.281 e. The van der Waals surface area contributed by atoms with Crippen molar-refractivity contribution in [2.24, 2.45) is 4.99 Å². The van der Waals surface area contributed by atoms with Crippen molar-refractivity contribution in [1.82, 2.24) is 4.98 Å². The van der Waals surface area contributed by atoms with Gasteiger partial charge in [-0.3, -0.25) is 4.99 Å². The third-order valence-electron chi connectivity index (χ3n) is 5.65. The van der Waals surface area contributed by atoms with Crippen LogP contribution in [0.25, 0.3) is 22.4 Å². The summed E-state index contributed by atoms with van der Waals surface area (Å²) in [6.07, 6.45) is 1.33. The molecule has 5 rings (SSSR count). The summed E-state index contributed by atoms with van der Waals surface area (Å²) in [5.74, 6) is -1.10. The van der Waals surface area contributed by atoms with Gasteiger partial charge in [-0.05, 0) is 48.6 Å². The fraction of sp³-hybridized carbons (Fsp3) is 0.154. The molecule has 0 saturated carbocycles. The molecule has 2 heterocycles. The Morgan fingerprint density at radius 3 is 2.06 bits per heavy atom. The first-order valence-corrected chi connectivity index (χ1v) is 11.1. The van der Waals surface area contributed by atoms with Crippen molar-refractivity contribution in [3.63, 3.8) is 0 Å². The average Bonchev–Trinajstić information content (AvgIpc) is 3.44. The Kier molecular flexibility index (Phi) is 5.20. The summed E-state index contributed by atoms with van der Waals surface area (Å²) in [6.45, 7) is 2.01. The predicted molar refractivity (Wildman–Crippen MR) is 123 cm³/mol. The van der Waals surface area contributed by atoms with Crippen molar-refractivity contribution in [2.45, 2.75) is 25.8 Å². The maximum Gasteiger partial charge on any atom is 0.135 e. The SMILES string of the molecule is Cc1nc(-c2ccc(-c3ccc(C4CCC(c5c(F)cccc5F)=N4)cc3)cc2)cs1. The minimum absolute atomic E-state index is 0.0111. The minimum atomic E-state index is -0.550. The van der Waals surface area contributed by atoms with Crippen LogP contribution in [0.1, 0.15) is 35.0 Å². The van der Waals surface area contributed by atoms with Crippen LogP contribution in [0.4, 0.5) is 8.78 Å². The second-order valence-electron chi connectivity index (χ2n) is 7.68. The van der Waals surface area contributed by atoms with E-state index in [-0.39, 0.29) is 11.6 Å². The van der Waals surface area contributed by atoms with Gasteiger partial charge in [0.15, 0.2) is 0 Å².